The Morgan fingerprint density at radius 1 is 1.03 bits per heavy atom. The predicted octanol–water partition coefficient (Wildman–Crippen LogP) is 6.52. The number of nitrogens with zero attached hydrogens (tertiary/aromatic N) is 3. The lowest BCUT2D eigenvalue weighted by molar-refractivity contribution is -0.274. The molecule has 196 valence electrons. The number of hydrogen-bond acceptors (Lipinski definition) is 8. The number of esters is 1. The van der Waals surface area contributed by atoms with E-state index in [1.54, 1.807) is 50.6 Å². The minimum Gasteiger partial charge on any atom is -0.460 e. The van der Waals surface area contributed by atoms with Crippen LogP contribution in [0.2, 0.25) is 0 Å². The van der Waals surface area contributed by atoms with Gasteiger partial charge in [-0.05, 0) is 57.5 Å². The quantitative estimate of drug-likeness (QED) is 0.203. The fourth-order valence-corrected chi connectivity index (χ4v) is 4.55. The summed E-state index contributed by atoms with van der Waals surface area (Å²) in [7, 11) is 1.79. The topological polar surface area (TPSA) is 95.3 Å². The zero-order valence-electron chi connectivity index (χ0n) is 20.6. The van der Waals surface area contributed by atoms with Crippen LogP contribution >= 0.6 is 11.3 Å². The van der Waals surface area contributed by atoms with E-state index in [1.807, 2.05) is 0 Å². The molecule has 0 radical (unpaired) electrons. The number of anilines is 2. The van der Waals surface area contributed by atoms with Gasteiger partial charge in [-0.2, -0.15) is 0 Å². The third-order valence-electron chi connectivity index (χ3n) is 5.22. The number of fused-ring (bicyclic) bond motifs is 2. The van der Waals surface area contributed by atoms with Crippen LogP contribution in [0.3, 0.4) is 0 Å². The fraction of sp³-hybridized carbons (Fsp3) is 0.360. The molecule has 2 aromatic carbocycles. The molecule has 4 rings (SSSR count). The molecule has 0 saturated carbocycles. The van der Waals surface area contributed by atoms with Crippen LogP contribution in [0.25, 0.3) is 21.3 Å². The number of rotatable bonds is 8. The van der Waals surface area contributed by atoms with E-state index in [9.17, 15) is 22.8 Å². The molecule has 0 aliphatic carbocycles. The molecule has 0 fully saturated rings. The van der Waals surface area contributed by atoms with Gasteiger partial charge in [0.15, 0.2) is 10.9 Å². The summed E-state index contributed by atoms with van der Waals surface area (Å²) in [5.41, 5.74) is 1.80. The highest BCUT2D eigenvalue weighted by molar-refractivity contribution is 7.22. The van der Waals surface area contributed by atoms with Gasteiger partial charge in [-0.3, -0.25) is 9.59 Å². The maximum absolute atomic E-state index is 12.7. The molecule has 0 aliphatic rings. The number of imidazole rings is 1. The van der Waals surface area contributed by atoms with Gasteiger partial charge in [-0.25, -0.2) is 9.97 Å². The minimum atomic E-state index is -4.77. The van der Waals surface area contributed by atoms with Gasteiger partial charge in [-0.1, -0.05) is 11.3 Å². The molecule has 1 N–H and O–H groups in total. The fourth-order valence-electron chi connectivity index (χ4n) is 3.67. The molecule has 4 aromatic rings. The normalized spacial score (nSPS) is 12.2. The molecule has 0 spiro atoms. The van der Waals surface area contributed by atoms with Gasteiger partial charge < -0.3 is 19.4 Å². The summed E-state index contributed by atoms with van der Waals surface area (Å²) in [5, 5.41) is 3.53. The standard InChI is InChI=1S/C25H25F3N4O4S/c1-24(2,3)36-21(34)7-5-6-19(33)14-8-11-18-17(12-14)29-22(32(18)4)31-23-30-16-10-9-15(13-20(16)37-23)35-25(26,27)28/h8-13H,5-7H2,1-4H3,(H,29,30,31). The van der Waals surface area contributed by atoms with Crippen molar-refractivity contribution < 1.29 is 32.2 Å². The Hall–Kier alpha value is -3.67. The second kappa shape index (κ2) is 10.0. The molecule has 2 heterocycles. The van der Waals surface area contributed by atoms with Crippen molar-refractivity contribution in [2.24, 2.45) is 7.05 Å². The highest BCUT2D eigenvalue weighted by Crippen LogP contribution is 2.33. The zero-order valence-corrected chi connectivity index (χ0v) is 21.4. The number of nitrogens with one attached hydrogen (secondary N) is 1. The van der Waals surface area contributed by atoms with Crippen molar-refractivity contribution in [3.05, 3.63) is 42.0 Å². The third-order valence-corrected chi connectivity index (χ3v) is 6.15. The number of hydrogen-bond donors (Lipinski definition) is 1. The number of aryl methyl sites for hydroxylation is 1. The van der Waals surface area contributed by atoms with E-state index in [0.29, 0.717) is 38.8 Å². The number of carbonyl (C=O) groups is 2. The number of Topliss-reactive ketones (excluding diaryl/α,β-unsaturated/α-hetero) is 1. The highest BCUT2D eigenvalue weighted by Gasteiger charge is 2.31. The van der Waals surface area contributed by atoms with E-state index in [1.165, 1.54) is 18.2 Å². The molecule has 37 heavy (non-hydrogen) atoms. The lowest BCUT2D eigenvalue weighted by Gasteiger charge is -2.19. The van der Waals surface area contributed by atoms with Crippen LogP contribution in [0.5, 0.6) is 5.75 Å². The average Bonchev–Trinajstić information content (AvgIpc) is 3.30. The van der Waals surface area contributed by atoms with Crippen LogP contribution in [0.4, 0.5) is 24.3 Å². The lowest BCUT2D eigenvalue weighted by Crippen LogP contribution is -2.23. The molecule has 0 aliphatic heterocycles. The smallest absolute Gasteiger partial charge is 0.460 e. The summed E-state index contributed by atoms with van der Waals surface area (Å²) < 4.78 is 49.1. The Kier molecular flexibility index (Phi) is 7.13. The van der Waals surface area contributed by atoms with Crippen molar-refractivity contribution in [3.63, 3.8) is 0 Å². The maximum Gasteiger partial charge on any atom is 0.573 e. The minimum absolute atomic E-state index is 0.103. The summed E-state index contributed by atoms with van der Waals surface area (Å²) >= 11 is 1.16. The van der Waals surface area contributed by atoms with Crippen LogP contribution in [0, 0.1) is 0 Å². The van der Waals surface area contributed by atoms with Gasteiger partial charge in [0.05, 0.1) is 21.3 Å². The SMILES string of the molecule is Cn1c(Nc2nc3ccc(OC(F)(F)F)cc3s2)nc2cc(C(=O)CCCC(=O)OC(C)(C)C)ccc21. The second-order valence-corrected chi connectivity index (χ2v) is 10.4. The Morgan fingerprint density at radius 3 is 2.49 bits per heavy atom. The summed E-state index contributed by atoms with van der Waals surface area (Å²) in [6.07, 6.45) is -4.03. The molecule has 0 saturated heterocycles. The lowest BCUT2D eigenvalue weighted by atomic mass is 10.0. The third kappa shape index (κ3) is 6.76. The van der Waals surface area contributed by atoms with Crippen molar-refractivity contribution in [2.45, 2.75) is 52.0 Å². The van der Waals surface area contributed by atoms with Gasteiger partial charge in [0.1, 0.15) is 11.4 Å². The van der Waals surface area contributed by atoms with Gasteiger partial charge in [0.25, 0.3) is 0 Å². The Bertz CT molecular complexity index is 1470. The molecule has 2 aromatic heterocycles. The zero-order chi connectivity index (χ0) is 27.0. The first-order valence-corrected chi connectivity index (χ1v) is 12.2. The predicted molar refractivity (Wildman–Crippen MR) is 134 cm³/mol. The van der Waals surface area contributed by atoms with Gasteiger partial charge in [0.2, 0.25) is 5.95 Å². The summed E-state index contributed by atoms with van der Waals surface area (Å²) in [5.74, 6) is -0.305. The van der Waals surface area contributed by atoms with Crippen LogP contribution in [-0.2, 0) is 16.6 Å². The van der Waals surface area contributed by atoms with Crippen molar-refractivity contribution in [3.8, 4) is 5.75 Å². The molecule has 0 bridgehead atoms. The van der Waals surface area contributed by atoms with Crippen molar-refractivity contribution in [1.29, 1.82) is 0 Å². The number of alkyl halides is 3. The van der Waals surface area contributed by atoms with E-state index < -0.39 is 12.0 Å². The molecule has 0 amide bonds. The van der Waals surface area contributed by atoms with E-state index >= 15 is 0 Å². The Balaban J connectivity index is 1.45. The van der Waals surface area contributed by atoms with E-state index in [0.717, 1.165) is 16.9 Å². The number of halogens is 3. The van der Waals surface area contributed by atoms with Crippen LogP contribution in [0.1, 0.15) is 50.4 Å². The molecule has 0 unspecified atom stereocenters. The van der Waals surface area contributed by atoms with Crippen LogP contribution < -0.4 is 10.1 Å². The van der Waals surface area contributed by atoms with Crippen molar-refractivity contribution in [1.82, 2.24) is 14.5 Å². The van der Waals surface area contributed by atoms with Gasteiger partial charge in [0, 0.05) is 31.5 Å². The average molecular weight is 535 g/mol. The first kappa shape index (κ1) is 26.4. The molecule has 8 nitrogen and oxygen atoms in total. The molecular formula is C25H25F3N4O4S. The summed E-state index contributed by atoms with van der Waals surface area (Å²) in [6, 6.07) is 9.13. The Labute approximate surface area is 214 Å². The van der Waals surface area contributed by atoms with Gasteiger partial charge in [-0.15, -0.1) is 13.2 Å². The number of ether oxygens (including phenoxy) is 2. The van der Waals surface area contributed by atoms with E-state index in [2.05, 4.69) is 20.0 Å². The first-order chi connectivity index (χ1) is 17.3. The second-order valence-electron chi connectivity index (χ2n) is 9.38. The van der Waals surface area contributed by atoms with Crippen LogP contribution in [0.15, 0.2) is 36.4 Å². The number of ketones is 1. The number of thiazole rings is 1. The summed E-state index contributed by atoms with van der Waals surface area (Å²) in [4.78, 5) is 33.5. The van der Waals surface area contributed by atoms with Gasteiger partial charge >= 0.3 is 12.3 Å². The molecule has 0 atom stereocenters. The highest BCUT2D eigenvalue weighted by atomic mass is 32.1. The molecule has 12 heteroatoms. The maximum atomic E-state index is 12.7. The van der Waals surface area contributed by atoms with Crippen molar-refractivity contribution in [2.75, 3.05) is 5.32 Å². The number of benzene rings is 2. The number of carbonyl (C=O) groups excluding carboxylic acids is 2. The van der Waals surface area contributed by atoms with Crippen LogP contribution in [-0.4, -0.2) is 38.3 Å². The first-order valence-electron chi connectivity index (χ1n) is 11.4. The largest absolute Gasteiger partial charge is 0.573 e. The van der Waals surface area contributed by atoms with E-state index in [-0.39, 0.29) is 30.3 Å². The number of aromatic nitrogens is 3. The Morgan fingerprint density at radius 2 is 1.78 bits per heavy atom. The summed E-state index contributed by atoms with van der Waals surface area (Å²) in [6.45, 7) is 5.38. The monoisotopic (exact) mass is 534 g/mol. The van der Waals surface area contributed by atoms with Crippen molar-refractivity contribution >= 4 is 55.4 Å². The van der Waals surface area contributed by atoms with E-state index in [4.69, 9.17) is 4.74 Å². The molecular weight excluding hydrogens is 509 g/mol.